The van der Waals surface area contributed by atoms with Crippen LogP contribution >= 0.6 is 0 Å². The number of carbonyl (C=O) groups excluding carboxylic acids is 4. The fraction of sp³-hybridized carbons (Fsp3) is 0.571. The maximum Gasteiger partial charge on any atom is 0.408 e. The summed E-state index contributed by atoms with van der Waals surface area (Å²) < 4.78 is 49.4. The lowest BCUT2D eigenvalue weighted by Gasteiger charge is -2.32. The number of hydrogen-bond acceptors (Lipinski definition) is 10. The molecule has 16 heteroatoms. The number of carbonyl (C=O) groups is 4. The zero-order valence-corrected chi connectivity index (χ0v) is 38.1. The van der Waals surface area contributed by atoms with Crippen LogP contribution in [0.4, 0.5) is 4.79 Å². The molecule has 15 nitrogen and oxygen atoms in total. The van der Waals surface area contributed by atoms with E-state index in [1.807, 2.05) is 48.8 Å². The van der Waals surface area contributed by atoms with Crippen LogP contribution in [0.1, 0.15) is 102 Å². The van der Waals surface area contributed by atoms with Gasteiger partial charge in [0, 0.05) is 36.7 Å². The van der Waals surface area contributed by atoms with Crippen molar-refractivity contribution in [2.45, 2.75) is 144 Å². The van der Waals surface area contributed by atoms with Gasteiger partial charge in [-0.15, -0.1) is 6.58 Å². The molecular weight excluding hydrogens is 849 g/mol. The number of amides is 4. The lowest BCUT2D eigenvalue weighted by molar-refractivity contribution is -0.142. The molecule has 9 rings (SSSR count). The maximum atomic E-state index is 15.1. The number of hydrogen-bond donors (Lipinski definition) is 3. The molecule has 1 aromatic carbocycles. The van der Waals surface area contributed by atoms with E-state index in [2.05, 4.69) is 38.7 Å². The number of nitrogens with one attached hydrogen (secondary N) is 3. The smallest absolute Gasteiger partial charge is 0.408 e. The lowest BCUT2D eigenvalue weighted by Crippen LogP contribution is -2.59. The molecule has 3 aromatic rings. The van der Waals surface area contributed by atoms with Crippen molar-refractivity contribution >= 4 is 44.7 Å². The average molecular weight is 911 g/mol. The van der Waals surface area contributed by atoms with Gasteiger partial charge in [-0.3, -0.25) is 19.1 Å². The Kier molecular flexibility index (Phi) is 12.7. The second kappa shape index (κ2) is 18.5. The number of aryl methyl sites for hydroxylation is 1. The van der Waals surface area contributed by atoms with Gasteiger partial charge in [-0.05, 0) is 120 Å². The van der Waals surface area contributed by atoms with Crippen LogP contribution in [-0.2, 0) is 42.1 Å². The number of allylic oxidation sites excluding steroid dienone is 2. The molecule has 7 atom stereocenters. The molecule has 2 aliphatic heterocycles. The first kappa shape index (κ1) is 44.8. The van der Waals surface area contributed by atoms with Gasteiger partial charge < -0.3 is 34.3 Å². The summed E-state index contributed by atoms with van der Waals surface area (Å²) in [6.45, 7) is 6.65. The van der Waals surface area contributed by atoms with E-state index in [1.54, 1.807) is 6.92 Å². The average Bonchev–Trinajstić information content (AvgIpc) is 3.73. The van der Waals surface area contributed by atoms with E-state index in [4.69, 9.17) is 19.2 Å². The minimum atomic E-state index is -4.02. The standard InChI is InChI=1S/C49H62N6O9S/c1-3-34-30-49(34,46(58)53-65(60,61)48(2)23-24-48)52-43(56)39-29-35-31-55(39)45(57)41(33-16-7-8-17-33)51-47(59)64-40-22-13-18-32(40)15-5-4-6-20-37-42(62-28-14-27-54-25-11-12-26-54)36-19-9-10-21-38(36)50-44(37)63-35/h3-4,6,9-12,19,21,25-26,32-35,39-41H,1,5,7-8,13-18,20,22-24,27-31H2,2H3,(H,51,59)(H,52,56)(H,53,58)/b6-4+/t32-,34-,35-,39+,40-,41+,49-/m1/s1. The Hall–Kier alpha value is -5.38. The summed E-state index contributed by atoms with van der Waals surface area (Å²) >= 11 is 0. The van der Waals surface area contributed by atoms with Crippen LogP contribution in [0.3, 0.4) is 0 Å². The summed E-state index contributed by atoms with van der Waals surface area (Å²) in [5, 5.41) is 6.71. The third-order valence-electron chi connectivity index (χ3n) is 14.8. The van der Waals surface area contributed by atoms with E-state index in [1.165, 1.54) is 11.0 Å². The molecule has 5 fully saturated rings. The maximum absolute atomic E-state index is 15.1. The SMILES string of the molecule is C=C[C@@H]1C[C@]1(NC(=O)[C@@H]1C[C@@H]2CN1C(=O)[C@H](C1CCCC1)NC(=O)O[C@@H]1CCC[C@H]1CC/C=C/Cc1c(nc3ccccc3c1OCCCn1cccc1)O2)C(=O)NS(=O)(=O)C1(C)CC1. The Labute approximate surface area is 381 Å². The summed E-state index contributed by atoms with van der Waals surface area (Å²) in [6.07, 6.45) is 17.9. The third-order valence-corrected chi connectivity index (χ3v) is 17.0. The summed E-state index contributed by atoms with van der Waals surface area (Å²) in [5.41, 5.74) is -0.158. The van der Waals surface area contributed by atoms with Crippen molar-refractivity contribution in [1.29, 1.82) is 0 Å². The van der Waals surface area contributed by atoms with Gasteiger partial charge in [0.05, 0.1) is 29.0 Å². The fourth-order valence-corrected chi connectivity index (χ4v) is 11.8. The normalized spacial score (nSPS) is 29.5. The van der Waals surface area contributed by atoms with Crippen LogP contribution in [0.15, 0.2) is 73.6 Å². The van der Waals surface area contributed by atoms with Crippen molar-refractivity contribution in [3.05, 3.63) is 79.2 Å². The molecule has 4 heterocycles. The minimum absolute atomic E-state index is 0.0186. The Morgan fingerprint density at radius 1 is 1.00 bits per heavy atom. The summed E-state index contributed by atoms with van der Waals surface area (Å²) in [5.74, 6) is -1.44. The van der Waals surface area contributed by atoms with Crippen molar-refractivity contribution in [3.63, 3.8) is 0 Å². The number of sulfonamides is 1. The number of para-hydroxylation sites is 1. The van der Waals surface area contributed by atoms with Crippen LogP contribution in [0.25, 0.3) is 10.9 Å². The Morgan fingerprint density at radius 3 is 2.52 bits per heavy atom. The Morgan fingerprint density at radius 2 is 1.77 bits per heavy atom. The van der Waals surface area contributed by atoms with Crippen LogP contribution in [0.5, 0.6) is 11.6 Å². The zero-order chi connectivity index (χ0) is 45.3. The molecule has 4 aliphatic carbocycles. The van der Waals surface area contributed by atoms with Gasteiger partial charge in [0.15, 0.2) is 0 Å². The van der Waals surface area contributed by atoms with Crippen LogP contribution in [0.2, 0.25) is 0 Å². The number of aromatic nitrogens is 2. The predicted molar refractivity (Wildman–Crippen MR) is 243 cm³/mol. The quantitative estimate of drug-likeness (QED) is 0.138. The van der Waals surface area contributed by atoms with E-state index in [9.17, 15) is 22.8 Å². The highest BCUT2D eigenvalue weighted by atomic mass is 32.2. The molecule has 4 amide bonds. The van der Waals surface area contributed by atoms with Crippen molar-refractivity contribution in [3.8, 4) is 11.6 Å². The predicted octanol–water partition coefficient (Wildman–Crippen LogP) is 6.26. The third kappa shape index (κ3) is 9.37. The van der Waals surface area contributed by atoms with Gasteiger partial charge in [0.1, 0.15) is 35.6 Å². The van der Waals surface area contributed by atoms with Crippen molar-refractivity contribution in [2.24, 2.45) is 17.8 Å². The molecule has 4 saturated carbocycles. The second-order valence-corrected chi connectivity index (χ2v) is 21.5. The molecule has 2 aromatic heterocycles. The summed E-state index contributed by atoms with van der Waals surface area (Å²) in [7, 11) is -4.02. The molecular formula is C49H62N6O9S. The van der Waals surface area contributed by atoms with Gasteiger partial charge in [-0.25, -0.2) is 18.2 Å². The monoisotopic (exact) mass is 910 g/mol. The highest BCUT2D eigenvalue weighted by Gasteiger charge is 2.63. The molecule has 65 heavy (non-hydrogen) atoms. The molecule has 0 unspecified atom stereocenters. The zero-order valence-electron chi connectivity index (χ0n) is 37.3. The van der Waals surface area contributed by atoms with E-state index in [0.717, 1.165) is 81.7 Å². The van der Waals surface area contributed by atoms with Gasteiger partial charge in [-0.2, -0.15) is 0 Å². The van der Waals surface area contributed by atoms with E-state index >= 15 is 4.79 Å². The number of ether oxygens (including phenoxy) is 3. The second-order valence-electron chi connectivity index (χ2n) is 19.3. The van der Waals surface area contributed by atoms with E-state index < -0.39 is 68.2 Å². The molecule has 1 saturated heterocycles. The minimum Gasteiger partial charge on any atom is -0.492 e. The molecule has 3 N–H and O–H groups in total. The van der Waals surface area contributed by atoms with Gasteiger partial charge in [-0.1, -0.05) is 43.2 Å². The summed E-state index contributed by atoms with van der Waals surface area (Å²) in [4.78, 5) is 64.1. The first-order valence-corrected chi connectivity index (χ1v) is 25.1. The highest BCUT2D eigenvalue weighted by molar-refractivity contribution is 7.91. The van der Waals surface area contributed by atoms with Crippen LogP contribution in [-0.4, -0.2) is 94.4 Å². The molecule has 0 radical (unpaired) electrons. The largest absolute Gasteiger partial charge is 0.492 e. The first-order valence-electron chi connectivity index (χ1n) is 23.6. The van der Waals surface area contributed by atoms with Crippen LogP contribution < -0.4 is 24.8 Å². The van der Waals surface area contributed by atoms with E-state index in [-0.39, 0.29) is 37.3 Å². The number of pyridine rings is 1. The number of fused-ring (bicyclic) bond motifs is 5. The lowest BCUT2D eigenvalue weighted by atomic mass is 9.96. The van der Waals surface area contributed by atoms with Crippen molar-refractivity contribution in [2.75, 3.05) is 13.2 Å². The van der Waals surface area contributed by atoms with Gasteiger partial charge >= 0.3 is 6.09 Å². The molecule has 2 bridgehead atoms. The highest BCUT2D eigenvalue weighted by Crippen LogP contribution is 2.47. The molecule has 0 spiro atoms. The number of benzene rings is 1. The topological polar surface area (TPSA) is 187 Å². The summed E-state index contributed by atoms with van der Waals surface area (Å²) in [6, 6.07) is 9.64. The molecule has 348 valence electrons. The van der Waals surface area contributed by atoms with Gasteiger partial charge in [0.25, 0.3) is 5.91 Å². The van der Waals surface area contributed by atoms with Gasteiger partial charge in [0.2, 0.25) is 27.7 Å². The number of alkyl carbamates (subject to hydrolysis) is 1. The number of nitrogens with zero attached hydrogens (tertiary/aromatic N) is 3. The molecule has 6 aliphatic rings. The Balaban J connectivity index is 1.06. The number of rotatable bonds is 12. The first-order chi connectivity index (χ1) is 31.4. The van der Waals surface area contributed by atoms with Crippen molar-refractivity contribution in [1.82, 2.24) is 29.8 Å². The Bertz CT molecular complexity index is 2430. The fourth-order valence-electron chi connectivity index (χ4n) is 10.5. The van der Waals surface area contributed by atoms with Crippen molar-refractivity contribution < 1.29 is 41.8 Å². The van der Waals surface area contributed by atoms with E-state index in [0.29, 0.717) is 43.0 Å². The van der Waals surface area contributed by atoms with Crippen LogP contribution in [0, 0.1) is 17.8 Å².